The fraction of sp³-hybridized carbons (Fsp3) is 0. The third kappa shape index (κ3) is 4.41. The molecule has 0 aliphatic heterocycles. The van der Waals surface area contributed by atoms with Gasteiger partial charge in [-0.2, -0.15) is 0 Å². The van der Waals surface area contributed by atoms with Crippen LogP contribution in [0.4, 0.5) is 5.69 Å². The Labute approximate surface area is 167 Å². The van der Waals surface area contributed by atoms with Crippen molar-refractivity contribution in [2.45, 2.75) is 0 Å². The van der Waals surface area contributed by atoms with Crippen LogP contribution in [0.2, 0.25) is 10.0 Å². The molecular weight excluding hydrogens is 387 g/mol. The molecule has 2 N–H and O–H groups in total. The van der Waals surface area contributed by atoms with Gasteiger partial charge in [-0.3, -0.25) is 10.1 Å². The number of para-hydroxylation sites is 1. The number of benzene rings is 3. The first-order valence-corrected chi connectivity index (χ1v) is 8.93. The van der Waals surface area contributed by atoms with Crippen LogP contribution in [0, 0.1) is 0 Å². The summed E-state index contributed by atoms with van der Waals surface area (Å²) < 4.78 is 0. The largest absolute Gasteiger partial charge is 0.330 e. The van der Waals surface area contributed by atoms with Gasteiger partial charge in [0.05, 0.1) is 15.7 Å². The van der Waals surface area contributed by atoms with Crippen molar-refractivity contribution < 1.29 is 4.79 Å². The average molecular weight is 401 g/mol. The van der Waals surface area contributed by atoms with E-state index >= 15 is 0 Å². The molecule has 26 heavy (non-hydrogen) atoms. The zero-order chi connectivity index (χ0) is 18.5. The monoisotopic (exact) mass is 400 g/mol. The number of hydrogen-bond donors (Lipinski definition) is 2. The van der Waals surface area contributed by atoms with Gasteiger partial charge >= 0.3 is 0 Å². The Morgan fingerprint density at radius 3 is 1.96 bits per heavy atom. The Hall–Kier alpha value is -2.40. The maximum absolute atomic E-state index is 12.4. The molecule has 0 spiro atoms. The fourth-order valence-corrected chi connectivity index (χ4v) is 3.07. The van der Waals surface area contributed by atoms with Crippen LogP contribution in [0.1, 0.15) is 10.4 Å². The summed E-state index contributed by atoms with van der Waals surface area (Å²) in [7, 11) is 0. The molecule has 0 saturated heterocycles. The Morgan fingerprint density at radius 2 is 1.35 bits per heavy atom. The summed E-state index contributed by atoms with van der Waals surface area (Å²) >= 11 is 17.3. The lowest BCUT2D eigenvalue weighted by Gasteiger charge is -2.12. The van der Waals surface area contributed by atoms with Crippen molar-refractivity contribution in [2.24, 2.45) is 0 Å². The predicted octanol–water partition coefficient (Wildman–Crippen LogP) is 5.79. The van der Waals surface area contributed by atoms with Gasteiger partial charge in [-0.1, -0.05) is 71.7 Å². The van der Waals surface area contributed by atoms with Crippen molar-refractivity contribution in [3.05, 3.63) is 88.4 Å². The van der Waals surface area contributed by atoms with Gasteiger partial charge < -0.3 is 5.32 Å². The molecule has 3 aromatic carbocycles. The topological polar surface area (TPSA) is 41.1 Å². The second-order valence-electron chi connectivity index (χ2n) is 5.45. The van der Waals surface area contributed by atoms with Crippen LogP contribution in [0.5, 0.6) is 0 Å². The number of carbonyl (C=O) groups is 1. The summed E-state index contributed by atoms with van der Waals surface area (Å²) in [6.07, 6.45) is 0. The lowest BCUT2D eigenvalue weighted by Crippen LogP contribution is -2.34. The number of rotatable bonds is 3. The van der Waals surface area contributed by atoms with E-state index in [0.717, 1.165) is 11.1 Å². The van der Waals surface area contributed by atoms with E-state index in [1.54, 1.807) is 30.3 Å². The van der Waals surface area contributed by atoms with E-state index in [4.69, 9.17) is 35.4 Å². The zero-order valence-electron chi connectivity index (χ0n) is 13.5. The van der Waals surface area contributed by atoms with E-state index in [1.807, 2.05) is 42.5 Å². The molecule has 0 saturated carbocycles. The summed E-state index contributed by atoms with van der Waals surface area (Å²) in [4.78, 5) is 12.4. The van der Waals surface area contributed by atoms with Gasteiger partial charge in [-0.25, -0.2) is 0 Å². The second kappa shape index (κ2) is 8.32. The normalized spacial score (nSPS) is 10.2. The summed E-state index contributed by atoms with van der Waals surface area (Å²) in [5, 5.41) is 6.43. The minimum Gasteiger partial charge on any atom is -0.330 e. The standard InChI is InChI=1S/C20H14Cl2N2OS/c21-16-7-4-8-17(22)18(16)23-20(26)24-19(25)15-11-9-14(10-12-15)13-5-2-1-3-6-13/h1-12H,(H2,23,24,25,26). The zero-order valence-corrected chi connectivity index (χ0v) is 15.8. The van der Waals surface area contributed by atoms with Crippen molar-refractivity contribution in [1.82, 2.24) is 5.32 Å². The van der Waals surface area contributed by atoms with Gasteiger partial charge in [-0.05, 0) is 47.6 Å². The van der Waals surface area contributed by atoms with Gasteiger partial charge in [0.2, 0.25) is 0 Å². The molecule has 0 fully saturated rings. The summed E-state index contributed by atoms with van der Waals surface area (Å²) in [5.74, 6) is -0.315. The van der Waals surface area contributed by atoms with Crippen molar-refractivity contribution in [1.29, 1.82) is 0 Å². The van der Waals surface area contributed by atoms with E-state index in [9.17, 15) is 4.79 Å². The molecule has 0 aromatic heterocycles. The van der Waals surface area contributed by atoms with Crippen LogP contribution in [-0.2, 0) is 0 Å². The minimum absolute atomic E-state index is 0.122. The van der Waals surface area contributed by atoms with Crippen molar-refractivity contribution in [2.75, 3.05) is 5.32 Å². The molecule has 3 aromatic rings. The van der Waals surface area contributed by atoms with Gasteiger partial charge in [0.15, 0.2) is 5.11 Å². The molecule has 3 nitrogen and oxygen atoms in total. The van der Waals surface area contributed by atoms with Crippen LogP contribution in [-0.4, -0.2) is 11.0 Å². The highest BCUT2D eigenvalue weighted by Gasteiger charge is 2.11. The number of anilines is 1. The maximum atomic E-state index is 12.4. The van der Waals surface area contributed by atoms with Gasteiger partial charge in [0.1, 0.15) is 0 Å². The first-order valence-electron chi connectivity index (χ1n) is 7.76. The Kier molecular flexibility index (Phi) is 5.89. The number of nitrogens with one attached hydrogen (secondary N) is 2. The lowest BCUT2D eigenvalue weighted by atomic mass is 10.0. The first-order chi connectivity index (χ1) is 12.5. The van der Waals surface area contributed by atoms with E-state index in [1.165, 1.54) is 0 Å². The van der Waals surface area contributed by atoms with Crippen LogP contribution in [0.15, 0.2) is 72.8 Å². The van der Waals surface area contributed by atoms with Crippen LogP contribution >= 0.6 is 35.4 Å². The molecule has 0 unspecified atom stereocenters. The molecule has 0 atom stereocenters. The third-order valence-corrected chi connectivity index (χ3v) is 4.52. The van der Waals surface area contributed by atoms with Crippen LogP contribution in [0.25, 0.3) is 11.1 Å². The number of amides is 1. The summed E-state index contributed by atoms with van der Waals surface area (Å²) in [6, 6.07) is 22.3. The Morgan fingerprint density at radius 1 is 0.769 bits per heavy atom. The minimum atomic E-state index is -0.315. The molecule has 0 bridgehead atoms. The summed E-state index contributed by atoms with van der Waals surface area (Å²) in [6.45, 7) is 0. The molecule has 0 aliphatic carbocycles. The van der Waals surface area contributed by atoms with Gasteiger partial charge in [0, 0.05) is 5.56 Å². The lowest BCUT2D eigenvalue weighted by molar-refractivity contribution is 0.0978. The van der Waals surface area contributed by atoms with Crippen molar-refractivity contribution in [3.63, 3.8) is 0 Å². The molecule has 1 amide bonds. The predicted molar refractivity (Wildman–Crippen MR) is 112 cm³/mol. The molecular formula is C20H14Cl2N2OS. The summed E-state index contributed by atoms with van der Waals surface area (Å²) in [5.41, 5.74) is 3.08. The molecule has 0 radical (unpaired) electrons. The van der Waals surface area contributed by atoms with Gasteiger partial charge in [0.25, 0.3) is 5.91 Å². The molecule has 0 aliphatic rings. The molecule has 3 rings (SSSR count). The smallest absolute Gasteiger partial charge is 0.257 e. The number of hydrogen-bond acceptors (Lipinski definition) is 2. The van der Waals surface area contributed by atoms with Crippen LogP contribution < -0.4 is 10.6 Å². The van der Waals surface area contributed by atoms with Crippen molar-refractivity contribution in [3.8, 4) is 11.1 Å². The molecule has 130 valence electrons. The molecule has 0 heterocycles. The quantitative estimate of drug-likeness (QED) is 0.546. The SMILES string of the molecule is O=C(NC(=S)Nc1c(Cl)cccc1Cl)c1ccc(-c2ccccc2)cc1. The highest BCUT2D eigenvalue weighted by Crippen LogP contribution is 2.29. The molecule has 6 heteroatoms. The van der Waals surface area contributed by atoms with E-state index in [-0.39, 0.29) is 11.0 Å². The third-order valence-electron chi connectivity index (χ3n) is 3.68. The number of halogens is 2. The Balaban J connectivity index is 1.67. The number of carbonyl (C=O) groups excluding carboxylic acids is 1. The highest BCUT2D eigenvalue weighted by atomic mass is 35.5. The fourth-order valence-electron chi connectivity index (χ4n) is 2.38. The van der Waals surface area contributed by atoms with Gasteiger partial charge in [-0.15, -0.1) is 0 Å². The maximum Gasteiger partial charge on any atom is 0.257 e. The first kappa shape index (κ1) is 18.4. The van der Waals surface area contributed by atoms with Crippen LogP contribution in [0.3, 0.4) is 0 Å². The number of thiocarbonyl (C=S) groups is 1. The average Bonchev–Trinajstić information content (AvgIpc) is 2.66. The highest BCUT2D eigenvalue weighted by molar-refractivity contribution is 7.80. The Bertz CT molecular complexity index is 924. The van der Waals surface area contributed by atoms with E-state index < -0.39 is 0 Å². The second-order valence-corrected chi connectivity index (χ2v) is 6.67. The van der Waals surface area contributed by atoms with Crippen molar-refractivity contribution >= 4 is 52.1 Å². The van der Waals surface area contributed by atoms with E-state index in [2.05, 4.69) is 10.6 Å². The van der Waals surface area contributed by atoms with E-state index in [0.29, 0.717) is 21.3 Å².